The van der Waals surface area contributed by atoms with Crippen molar-refractivity contribution in [3.8, 4) is 5.75 Å². The summed E-state index contributed by atoms with van der Waals surface area (Å²) in [4.78, 5) is 0. The minimum atomic E-state index is -3.00. The fourth-order valence-electron chi connectivity index (χ4n) is 1.96. The number of para-hydroxylation sites is 1. The Hall–Kier alpha value is -0.613. The van der Waals surface area contributed by atoms with Crippen molar-refractivity contribution < 1.29 is 9.09 Å². The molecule has 0 aliphatic heterocycles. The monoisotopic (exact) mass is 314 g/mol. The molecule has 0 aromatic heterocycles. The molecule has 0 amide bonds. The van der Waals surface area contributed by atoms with Crippen LogP contribution in [0, 0.1) is 0 Å². The van der Waals surface area contributed by atoms with Gasteiger partial charge in [-0.3, -0.25) is 0 Å². The molecule has 1 rings (SSSR count). The van der Waals surface area contributed by atoms with E-state index < -0.39 is 15.7 Å². The molecule has 0 aliphatic carbocycles. The number of hydrogen-bond acceptors (Lipinski definition) is 2. The van der Waals surface area contributed by atoms with Crippen molar-refractivity contribution in [3.63, 3.8) is 0 Å². The average Bonchev–Trinajstić information content (AvgIpc) is 2.29. The van der Waals surface area contributed by atoms with Gasteiger partial charge in [-0.25, -0.2) is 13.9 Å². The summed E-state index contributed by atoms with van der Waals surface area (Å²) in [5.41, 5.74) is 1.15. The third-order valence-electron chi connectivity index (χ3n) is 2.92. The van der Waals surface area contributed by atoms with E-state index in [1.165, 1.54) is 0 Å². The van der Waals surface area contributed by atoms with Gasteiger partial charge in [0.05, 0.1) is 0 Å². The van der Waals surface area contributed by atoms with E-state index in [0.717, 1.165) is 17.4 Å². The normalized spacial score (nSPS) is 13.1. The van der Waals surface area contributed by atoms with E-state index in [4.69, 9.17) is 4.52 Å². The SMILES string of the molecule is CN(C)P(=O)(Oc1ccccc1C[Si](C)(C)C)N(C)C. The van der Waals surface area contributed by atoms with E-state index in [0.29, 0.717) is 0 Å². The number of hydrogen-bond donors (Lipinski definition) is 0. The first-order valence-electron chi connectivity index (χ1n) is 6.79. The lowest BCUT2D eigenvalue weighted by Crippen LogP contribution is -2.26. The van der Waals surface area contributed by atoms with Crippen LogP contribution < -0.4 is 4.52 Å². The molecular weight excluding hydrogens is 287 g/mol. The van der Waals surface area contributed by atoms with Crippen LogP contribution in [0.1, 0.15) is 5.56 Å². The third-order valence-corrected chi connectivity index (χ3v) is 6.82. The zero-order valence-electron chi connectivity index (χ0n) is 13.7. The highest BCUT2D eigenvalue weighted by Gasteiger charge is 2.32. The summed E-state index contributed by atoms with van der Waals surface area (Å²) in [7, 11) is 2.87. The van der Waals surface area contributed by atoms with Crippen LogP contribution in [0.3, 0.4) is 0 Å². The molecule has 0 fully saturated rings. The summed E-state index contributed by atoms with van der Waals surface area (Å²) >= 11 is 0. The summed E-state index contributed by atoms with van der Waals surface area (Å²) in [6.07, 6.45) is 0. The second kappa shape index (κ2) is 6.44. The van der Waals surface area contributed by atoms with Crippen LogP contribution in [0.15, 0.2) is 24.3 Å². The fourth-order valence-corrected chi connectivity index (χ4v) is 4.87. The summed E-state index contributed by atoms with van der Waals surface area (Å²) in [5, 5.41) is 0. The van der Waals surface area contributed by atoms with Crippen LogP contribution in [0.5, 0.6) is 5.75 Å². The van der Waals surface area contributed by atoms with Crippen LogP contribution >= 0.6 is 7.67 Å². The summed E-state index contributed by atoms with van der Waals surface area (Å²) in [6.45, 7) is 6.96. The van der Waals surface area contributed by atoms with E-state index in [1.807, 2.05) is 18.2 Å². The molecule has 0 spiro atoms. The fraction of sp³-hybridized carbons (Fsp3) is 0.571. The maximum Gasteiger partial charge on any atom is 0.394 e. The number of nitrogens with zero attached hydrogens (tertiary/aromatic N) is 2. The topological polar surface area (TPSA) is 32.8 Å². The highest BCUT2D eigenvalue weighted by Crippen LogP contribution is 2.51. The van der Waals surface area contributed by atoms with Gasteiger partial charge in [0.25, 0.3) is 0 Å². The van der Waals surface area contributed by atoms with E-state index >= 15 is 0 Å². The first-order chi connectivity index (χ1) is 9.06. The van der Waals surface area contributed by atoms with E-state index in [1.54, 1.807) is 37.5 Å². The average molecular weight is 314 g/mol. The maximum absolute atomic E-state index is 12.9. The Morgan fingerprint density at radius 2 is 1.55 bits per heavy atom. The predicted molar refractivity (Wildman–Crippen MR) is 89.1 cm³/mol. The maximum atomic E-state index is 12.9. The minimum absolute atomic E-state index is 0.737. The summed E-state index contributed by atoms with van der Waals surface area (Å²) < 4.78 is 22.2. The molecule has 4 nitrogen and oxygen atoms in total. The molecule has 0 unspecified atom stereocenters. The zero-order valence-corrected chi connectivity index (χ0v) is 15.6. The smallest absolute Gasteiger partial charge is 0.394 e. The van der Waals surface area contributed by atoms with Gasteiger partial charge in [-0.05, 0) is 45.9 Å². The van der Waals surface area contributed by atoms with Crippen LogP contribution in [0.2, 0.25) is 19.6 Å². The van der Waals surface area contributed by atoms with Gasteiger partial charge in [0.15, 0.2) is 0 Å². The van der Waals surface area contributed by atoms with Gasteiger partial charge < -0.3 is 4.52 Å². The van der Waals surface area contributed by atoms with Crippen molar-refractivity contribution in [1.82, 2.24) is 9.34 Å². The summed E-state index contributed by atoms with van der Waals surface area (Å²) in [6, 6.07) is 8.94. The molecule has 6 heteroatoms. The Labute approximate surface area is 124 Å². The van der Waals surface area contributed by atoms with Gasteiger partial charge in [-0.15, -0.1) is 0 Å². The summed E-state index contributed by atoms with van der Waals surface area (Å²) in [5.74, 6) is 0.737. The quantitative estimate of drug-likeness (QED) is 0.592. The van der Waals surface area contributed by atoms with Crippen molar-refractivity contribution in [3.05, 3.63) is 29.8 Å². The Kier molecular flexibility index (Phi) is 5.61. The van der Waals surface area contributed by atoms with Crippen molar-refractivity contribution >= 4 is 15.7 Å². The molecule has 0 atom stereocenters. The standard InChI is InChI=1S/C14H27N2O2PSi/c1-15(2)19(17,16(3)4)18-14-11-9-8-10-13(14)12-20(5,6)7/h8-11H,12H2,1-7H3. The molecule has 0 saturated carbocycles. The van der Waals surface area contributed by atoms with Gasteiger partial charge in [0, 0.05) is 8.07 Å². The molecule has 0 aliphatic rings. The predicted octanol–water partition coefficient (Wildman–Crippen LogP) is 3.72. The lowest BCUT2D eigenvalue weighted by molar-refractivity contribution is 0.353. The molecule has 0 bridgehead atoms. The molecule has 1 aromatic carbocycles. The second-order valence-corrected chi connectivity index (χ2v) is 14.9. The van der Waals surface area contributed by atoms with Gasteiger partial charge in [-0.1, -0.05) is 37.8 Å². The van der Waals surface area contributed by atoms with E-state index in [9.17, 15) is 4.57 Å². The van der Waals surface area contributed by atoms with Crippen molar-refractivity contribution in [2.45, 2.75) is 25.7 Å². The Balaban J connectivity index is 3.12. The van der Waals surface area contributed by atoms with E-state index in [2.05, 4.69) is 25.7 Å². The first kappa shape index (κ1) is 17.4. The van der Waals surface area contributed by atoms with Gasteiger partial charge in [0.1, 0.15) is 5.75 Å². The van der Waals surface area contributed by atoms with Crippen molar-refractivity contribution in [2.75, 3.05) is 28.2 Å². The number of benzene rings is 1. The van der Waals surface area contributed by atoms with Crippen molar-refractivity contribution in [2.24, 2.45) is 0 Å². The Bertz CT molecular complexity index is 486. The Morgan fingerprint density at radius 3 is 2.00 bits per heavy atom. The molecule has 0 radical (unpaired) electrons. The second-order valence-electron chi connectivity index (χ2n) is 6.62. The zero-order chi connectivity index (χ0) is 15.6. The number of rotatable bonds is 6. The van der Waals surface area contributed by atoms with Gasteiger partial charge >= 0.3 is 7.67 Å². The molecule has 1 aromatic rings. The third kappa shape index (κ3) is 4.45. The highest BCUT2D eigenvalue weighted by molar-refractivity contribution is 7.54. The van der Waals surface area contributed by atoms with Crippen molar-refractivity contribution in [1.29, 1.82) is 0 Å². The van der Waals surface area contributed by atoms with Gasteiger partial charge in [-0.2, -0.15) is 0 Å². The minimum Gasteiger partial charge on any atom is -0.422 e. The first-order valence-corrected chi connectivity index (χ1v) is 12.0. The van der Waals surface area contributed by atoms with Gasteiger partial charge in [0.2, 0.25) is 0 Å². The van der Waals surface area contributed by atoms with Crippen LogP contribution in [0.25, 0.3) is 0 Å². The molecule has 0 N–H and O–H groups in total. The van der Waals surface area contributed by atoms with Crippen LogP contribution in [-0.2, 0) is 10.6 Å². The molecule has 0 heterocycles. The van der Waals surface area contributed by atoms with Crippen LogP contribution in [-0.4, -0.2) is 45.6 Å². The van der Waals surface area contributed by atoms with E-state index in [-0.39, 0.29) is 0 Å². The molecular formula is C14H27N2O2PSi. The molecule has 0 saturated heterocycles. The molecule has 114 valence electrons. The molecule has 20 heavy (non-hydrogen) atoms. The van der Waals surface area contributed by atoms with Crippen LogP contribution in [0.4, 0.5) is 0 Å². The Morgan fingerprint density at radius 1 is 1.05 bits per heavy atom. The highest BCUT2D eigenvalue weighted by atomic mass is 31.2. The lowest BCUT2D eigenvalue weighted by atomic mass is 10.2. The lowest BCUT2D eigenvalue weighted by Gasteiger charge is -2.30. The largest absolute Gasteiger partial charge is 0.422 e.